The van der Waals surface area contributed by atoms with Crippen LogP contribution < -0.4 is 14.2 Å². The maximum atomic E-state index is 12.9. The third-order valence-corrected chi connectivity index (χ3v) is 6.02. The van der Waals surface area contributed by atoms with Gasteiger partial charge in [-0.1, -0.05) is 31.2 Å². The lowest BCUT2D eigenvalue weighted by atomic mass is 10.1. The standard InChI is InChI=1S/C21H23NO4S/c1-4-21(15-5-9-18(25-2)10-6-15)22-27(23,24)20-12-8-16-13-19(26-3)11-7-17(16)14-20/h5-14,21-22H,4H2,1-3H3/t21-/m1/s1. The first-order chi connectivity index (χ1) is 13.0. The molecular weight excluding hydrogens is 362 g/mol. The van der Waals surface area contributed by atoms with Crippen LogP contribution in [-0.2, 0) is 10.0 Å². The molecule has 0 aromatic heterocycles. The van der Waals surface area contributed by atoms with Gasteiger partial charge < -0.3 is 9.47 Å². The minimum Gasteiger partial charge on any atom is -0.497 e. The Morgan fingerprint density at radius 1 is 0.852 bits per heavy atom. The zero-order valence-electron chi connectivity index (χ0n) is 15.6. The molecule has 6 heteroatoms. The highest BCUT2D eigenvalue weighted by molar-refractivity contribution is 7.89. The summed E-state index contributed by atoms with van der Waals surface area (Å²) in [6.45, 7) is 1.95. The average molecular weight is 385 g/mol. The van der Waals surface area contributed by atoms with E-state index in [4.69, 9.17) is 9.47 Å². The number of nitrogens with one attached hydrogen (secondary N) is 1. The summed E-state index contributed by atoms with van der Waals surface area (Å²) in [6, 6.07) is 17.7. The highest BCUT2D eigenvalue weighted by atomic mass is 32.2. The van der Waals surface area contributed by atoms with Crippen molar-refractivity contribution in [3.8, 4) is 11.5 Å². The van der Waals surface area contributed by atoms with Crippen molar-refractivity contribution in [1.82, 2.24) is 4.72 Å². The molecule has 0 aliphatic carbocycles. The smallest absolute Gasteiger partial charge is 0.241 e. The summed E-state index contributed by atoms with van der Waals surface area (Å²) in [5.74, 6) is 1.48. The molecular formula is C21H23NO4S. The summed E-state index contributed by atoms with van der Waals surface area (Å²) in [5.41, 5.74) is 0.896. The van der Waals surface area contributed by atoms with Crippen molar-refractivity contribution < 1.29 is 17.9 Å². The lowest BCUT2D eigenvalue weighted by molar-refractivity contribution is 0.414. The van der Waals surface area contributed by atoms with Crippen LogP contribution in [0.15, 0.2) is 65.6 Å². The first-order valence-electron chi connectivity index (χ1n) is 8.71. The van der Waals surface area contributed by atoms with E-state index in [2.05, 4.69) is 4.72 Å². The number of ether oxygens (including phenoxy) is 2. The highest BCUT2D eigenvalue weighted by Crippen LogP contribution is 2.26. The first-order valence-corrected chi connectivity index (χ1v) is 10.2. The summed E-state index contributed by atoms with van der Waals surface area (Å²) in [7, 11) is -0.448. The number of benzene rings is 3. The lowest BCUT2D eigenvalue weighted by Gasteiger charge is -2.18. The number of fused-ring (bicyclic) bond motifs is 1. The summed E-state index contributed by atoms with van der Waals surface area (Å²) in [4.78, 5) is 0.243. The molecule has 0 aliphatic rings. The molecule has 3 aromatic carbocycles. The first kappa shape index (κ1) is 19.2. The van der Waals surface area contributed by atoms with Gasteiger partial charge in [0.15, 0.2) is 0 Å². The molecule has 1 atom stereocenters. The largest absolute Gasteiger partial charge is 0.497 e. The fraction of sp³-hybridized carbons (Fsp3) is 0.238. The number of hydrogen-bond acceptors (Lipinski definition) is 4. The van der Waals surface area contributed by atoms with Crippen molar-refractivity contribution in [2.24, 2.45) is 0 Å². The predicted molar refractivity (Wildman–Crippen MR) is 107 cm³/mol. The second-order valence-corrected chi connectivity index (χ2v) is 7.94. The van der Waals surface area contributed by atoms with Crippen LogP contribution in [0.4, 0.5) is 0 Å². The molecule has 3 rings (SSSR count). The molecule has 0 bridgehead atoms. The van der Waals surface area contributed by atoms with E-state index in [0.717, 1.165) is 27.8 Å². The minimum atomic E-state index is -3.66. The van der Waals surface area contributed by atoms with E-state index in [1.807, 2.05) is 49.4 Å². The summed E-state index contributed by atoms with van der Waals surface area (Å²) >= 11 is 0. The average Bonchev–Trinajstić information content (AvgIpc) is 2.71. The van der Waals surface area contributed by atoms with Crippen molar-refractivity contribution in [2.45, 2.75) is 24.3 Å². The summed E-state index contributed by atoms with van der Waals surface area (Å²) in [5, 5.41) is 1.77. The monoisotopic (exact) mass is 385 g/mol. The Bertz CT molecular complexity index is 1030. The Balaban J connectivity index is 1.88. The Kier molecular flexibility index (Phi) is 5.68. The molecule has 0 saturated heterocycles. The van der Waals surface area contributed by atoms with Crippen molar-refractivity contribution in [3.05, 3.63) is 66.2 Å². The van der Waals surface area contributed by atoms with Crippen molar-refractivity contribution >= 4 is 20.8 Å². The molecule has 0 unspecified atom stereocenters. The summed E-state index contributed by atoms with van der Waals surface area (Å²) < 4.78 is 39.0. The van der Waals surface area contributed by atoms with Crippen LogP contribution in [0.5, 0.6) is 11.5 Å². The SMILES string of the molecule is CC[C@@H](NS(=O)(=O)c1ccc2cc(OC)ccc2c1)c1ccc(OC)cc1. The van der Waals surface area contributed by atoms with E-state index < -0.39 is 10.0 Å². The van der Waals surface area contributed by atoms with Gasteiger partial charge in [0.05, 0.1) is 19.1 Å². The van der Waals surface area contributed by atoms with E-state index in [1.54, 1.807) is 32.4 Å². The van der Waals surface area contributed by atoms with Gasteiger partial charge >= 0.3 is 0 Å². The van der Waals surface area contributed by atoms with E-state index in [-0.39, 0.29) is 10.9 Å². The fourth-order valence-electron chi connectivity index (χ4n) is 2.97. The van der Waals surface area contributed by atoms with Gasteiger partial charge in [-0.05, 0) is 59.2 Å². The molecule has 0 radical (unpaired) electrons. The van der Waals surface area contributed by atoms with Crippen LogP contribution in [0.2, 0.25) is 0 Å². The third-order valence-electron chi connectivity index (χ3n) is 4.55. The Labute approximate surface area is 160 Å². The number of hydrogen-bond donors (Lipinski definition) is 1. The van der Waals surface area contributed by atoms with E-state index in [0.29, 0.717) is 6.42 Å². The van der Waals surface area contributed by atoms with Gasteiger partial charge in [0, 0.05) is 6.04 Å². The molecule has 0 fully saturated rings. The van der Waals surface area contributed by atoms with Gasteiger partial charge in [-0.25, -0.2) is 13.1 Å². The van der Waals surface area contributed by atoms with Gasteiger partial charge in [-0.3, -0.25) is 0 Å². The zero-order chi connectivity index (χ0) is 19.4. The lowest BCUT2D eigenvalue weighted by Crippen LogP contribution is -2.28. The third kappa shape index (κ3) is 4.23. The molecule has 0 aliphatic heterocycles. The van der Waals surface area contributed by atoms with Crippen LogP contribution in [0.1, 0.15) is 24.9 Å². The second-order valence-electron chi connectivity index (χ2n) is 6.23. The number of methoxy groups -OCH3 is 2. The van der Waals surface area contributed by atoms with Crippen LogP contribution in [0.25, 0.3) is 10.8 Å². The van der Waals surface area contributed by atoms with Gasteiger partial charge in [0.1, 0.15) is 11.5 Å². The predicted octanol–water partition coefficient (Wildman–Crippen LogP) is 4.29. The molecule has 5 nitrogen and oxygen atoms in total. The Morgan fingerprint density at radius 2 is 1.44 bits per heavy atom. The topological polar surface area (TPSA) is 64.6 Å². The molecule has 0 heterocycles. The molecule has 1 N–H and O–H groups in total. The molecule has 142 valence electrons. The quantitative estimate of drug-likeness (QED) is 0.659. The van der Waals surface area contributed by atoms with E-state index in [1.165, 1.54) is 0 Å². The summed E-state index contributed by atoms with van der Waals surface area (Å²) in [6.07, 6.45) is 0.635. The van der Waals surface area contributed by atoms with Crippen LogP contribution >= 0.6 is 0 Å². The molecule has 27 heavy (non-hydrogen) atoms. The van der Waals surface area contributed by atoms with Crippen LogP contribution in [0, 0.1) is 0 Å². The Morgan fingerprint density at radius 3 is 2.07 bits per heavy atom. The van der Waals surface area contributed by atoms with Gasteiger partial charge in [-0.2, -0.15) is 0 Å². The van der Waals surface area contributed by atoms with Gasteiger partial charge in [-0.15, -0.1) is 0 Å². The van der Waals surface area contributed by atoms with Gasteiger partial charge in [0.2, 0.25) is 10.0 Å². The Hall–Kier alpha value is -2.57. The molecule has 3 aromatic rings. The van der Waals surface area contributed by atoms with E-state index in [9.17, 15) is 8.42 Å². The zero-order valence-corrected chi connectivity index (χ0v) is 16.4. The fourth-order valence-corrected chi connectivity index (χ4v) is 4.32. The minimum absolute atomic E-state index is 0.243. The van der Waals surface area contributed by atoms with Gasteiger partial charge in [0.25, 0.3) is 0 Å². The van der Waals surface area contributed by atoms with Crippen molar-refractivity contribution in [1.29, 1.82) is 0 Å². The van der Waals surface area contributed by atoms with Crippen LogP contribution in [-0.4, -0.2) is 22.6 Å². The second kappa shape index (κ2) is 7.98. The molecule has 0 spiro atoms. The van der Waals surface area contributed by atoms with Crippen molar-refractivity contribution in [2.75, 3.05) is 14.2 Å². The van der Waals surface area contributed by atoms with E-state index >= 15 is 0 Å². The van der Waals surface area contributed by atoms with Crippen molar-refractivity contribution in [3.63, 3.8) is 0 Å². The number of sulfonamides is 1. The highest BCUT2D eigenvalue weighted by Gasteiger charge is 2.20. The normalized spacial score (nSPS) is 12.7. The maximum Gasteiger partial charge on any atom is 0.241 e. The molecule has 0 amide bonds. The van der Waals surface area contributed by atoms with Crippen LogP contribution in [0.3, 0.4) is 0 Å². The number of rotatable bonds is 7. The molecule has 0 saturated carbocycles. The maximum absolute atomic E-state index is 12.9.